The average molecular weight is 245 g/mol. The standard InChI is InChI=1S/C7H10F3NO3S/c1-15(13,14)4-5-2-3-11(5)6(12)7(8,9)10/h5H,2-4H2,1H3/t5-/m0/s1. The van der Waals surface area contributed by atoms with Crippen molar-refractivity contribution in [3.8, 4) is 0 Å². The van der Waals surface area contributed by atoms with E-state index in [1.807, 2.05) is 0 Å². The Morgan fingerprint density at radius 2 is 2.00 bits per heavy atom. The Labute approximate surface area is 85.0 Å². The lowest BCUT2D eigenvalue weighted by molar-refractivity contribution is -0.192. The fourth-order valence-corrected chi connectivity index (χ4v) is 2.44. The molecule has 1 heterocycles. The number of halogens is 3. The molecule has 0 aromatic heterocycles. The van der Waals surface area contributed by atoms with Crippen molar-refractivity contribution in [3.05, 3.63) is 0 Å². The van der Waals surface area contributed by atoms with Crippen LogP contribution in [0.25, 0.3) is 0 Å². The second kappa shape index (κ2) is 3.66. The molecule has 0 radical (unpaired) electrons. The van der Waals surface area contributed by atoms with Crippen molar-refractivity contribution in [1.82, 2.24) is 4.90 Å². The number of hydrogen-bond donors (Lipinski definition) is 0. The van der Waals surface area contributed by atoms with Crippen LogP contribution in [0, 0.1) is 0 Å². The van der Waals surface area contributed by atoms with E-state index in [-0.39, 0.29) is 6.54 Å². The summed E-state index contributed by atoms with van der Waals surface area (Å²) in [6.07, 6.45) is -3.69. The van der Waals surface area contributed by atoms with Gasteiger partial charge in [-0.2, -0.15) is 13.2 Å². The topological polar surface area (TPSA) is 54.5 Å². The van der Waals surface area contributed by atoms with Gasteiger partial charge in [0.1, 0.15) is 9.84 Å². The van der Waals surface area contributed by atoms with E-state index >= 15 is 0 Å². The molecule has 0 spiro atoms. The van der Waals surface area contributed by atoms with Crippen molar-refractivity contribution in [3.63, 3.8) is 0 Å². The van der Waals surface area contributed by atoms with Gasteiger partial charge in [0, 0.05) is 18.8 Å². The maximum Gasteiger partial charge on any atom is 0.471 e. The molecular weight excluding hydrogens is 235 g/mol. The zero-order chi connectivity index (χ0) is 11.9. The van der Waals surface area contributed by atoms with Crippen LogP contribution in [0.1, 0.15) is 6.42 Å². The van der Waals surface area contributed by atoms with Gasteiger partial charge >= 0.3 is 12.1 Å². The first-order valence-corrected chi connectivity index (χ1v) is 6.23. The fraction of sp³-hybridized carbons (Fsp3) is 0.857. The maximum atomic E-state index is 12.0. The predicted molar refractivity (Wildman–Crippen MR) is 45.9 cm³/mol. The molecule has 0 aliphatic carbocycles. The summed E-state index contributed by atoms with van der Waals surface area (Å²) in [4.78, 5) is 11.3. The number of amides is 1. The molecule has 0 unspecified atom stereocenters. The largest absolute Gasteiger partial charge is 0.471 e. The fourth-order valence-electron chi connectivity index (χ4n) is 1.39. The Morgan fingerprint density at radius 3 is 2.27 bits per heavy atom. The van der Waals surface area contributed by atoms with Crippen molar-refractivity contribution < 1.29 is 26.4 Å². The highest BCUT2D eigenvalue weighted by molar-refractivity contribution is 7.90. The number of nitrogens with zero attached hydrogens (tertiary/aromatic N) is 1. The van der Waals surface area contributed by atoms with Crippen molar-refractivity contribution in [2.75, 3.05) is 18.6 Å². The van der Waals surface area contributed by atoms with Crippen LogP contribution in [-0.2, 0) is 14.6 Å². The van der Waals surface area contributed by atoms with Crippen molar-refractivity contribution in [2.24, 2.45) is 0 Å². The Morgan fingerprint density at radius 1 is 1.47 bits per heavy atom. The number of likely N-dealkylation sites (tertiary alicyclic amines) is 1. The Balaban J connectivity index is 2.64. The summed E-state index contributed by atoms with van der Waals surface area (Å²) in [6.45, 7) is -0.0292. The molecule has 1 saturated heterocycles. The van der Waals surface area contributed by atoms with Crippen LogP contribution in [0.15, 0.2) is 0 Å². The van der Waals surface area contributed by atoms with Crippen LogP contribution in [0.3, 0.4) is 0 Å². The molecule has 0 aromatic rings. The minimum Gasteiger partial charge on any atom is -0.331 e. The van der Waals surface area contributed by atoms with Gasteiger partial charge in [-0.05, 0) is 6.42 Å². The molecule has 0 N–H and O–H groups in total. The number of carbonyl (C=O) groups excluding carboxylic acids is 1. The minimum absolute atomic E-state index is 0.0292. The molecule has 1 aliphatic heterocycles. The molecule has 0 aromatic carbocycles. The number of sulfone groups is 1. The molecule has 4 nitrogen and oxygen atoms in total. The molecule has 8 heteroatoms. The summed E-state index contributed by atoms with van der Waals surface area (Å²) in [5.74, 6) is -2.36. The van der Waals surface area contributed by atoms with Gasteiger partial charge < -0.3 is 4.90 Å². The molecule has 88 valence electrons. The van der Waals surface area contributed by atoms with Gasteiger partial charge in [-0.15, -0.1) is 0 Å². The van der Waals surface area contributed by atoms with E-state index in [2.05, 4.69) is 0 Å². The second-order valence-corrected chi connectivity index (χ2v) is 5.72. The first kappa shape index (κ1) is 12.3. The van der Waals surface area contributed by atoms with E-state index in [0.717, 1.165) is 6.26 Å². The van der Waals surface area contributed by atoms with Gasteiger partial charge in [0.25, 0.3) is 0 Å². The summed E-state index contributed by atoms with van der Waals surface area (Å²) in [7, 11) is -3.36. The van der Waals surface area contributed by atoms with E-state index in [9.17, 15) is 26.4 Å². The Hall–Kier alpha value is -0.790. The Kier molecular flexibility index (Phi) is 2.99. The van der Waals surface area contributed by atoms with Crippen LogP contribution in [-0.4, -0.2) is 50.0 Å². The average Bonchev–Trinajstić information content (AvgIpc) is 1.95. The third kappa shape index (κ3) is 3.08. The zero-order valence-corrected chi connectivity index (χ0v) is 8.73. The van der Waals surface area contributed by atoms with Crippen LogP contribution < -0.4 is 0 Å². The van der Waals surface area contributed by atoms with Crippen LogP contribution in [0.5, 0.6) is 0 Å². The van der Waals surface area contributed by atoms with Crippen LogP contribution in [0.2, 0.25) is 0 Å². The van der Waals surface area contributed by atoms with Crippen LogP contribution >= 0.6 is 0 Å². The highest BCUT2D eigenvalue weighted by Crippen LogP contribution is 2.26. The number of hydrogen-bond acceptors (Lipinski definition) is 3. The summed E-state index contributed by atoms with van der Waals surface area (Å²) in [5, 5.41) is 0. The molecule has 1 fully saturated rings. The van der Waals surface area contributed by atoms with E-state index in [1.165, 1.54) is 0 Å². The smallest absolute Gasteiger partial charge is 0.331 e. The van der Waals surface area contributed by atoms with Gasteiger partial charge in [0.2, 0.25) is 0 Å². The van der Waals surface area contributed by atoms with E-state index < -0.39 is 33.7 Å². The lowest BCUT2D eigenvalue weighted by Gasteiger charge is -2.40. The van der Waals surface area contributed by atoms with E-state index in [0.29, 0.717) is 11.3 Å². The normalized spacial score (nSPS) is 22.4. The van der Waals surface area contributed by atoms with E-state index in [1.54, 1.807) is 0 Å². The molecule has 1 atom stereocenters. The molecule has 1 aliphatic rings. The quantitative estimate of drug-likeness (QED) is 0.698. The third-order valence-corrected chi connectivity index (χ3v) is 3.13. The molecule has 1 rings (SSSR count). The summed E-state index contributed by atoms with van der Waals surface area (Å²) in [6, 6.07) is -0.825. The number of alkyl halides is 3. The molecule has 0 saturated carbocycles. The number of rotatable bonds is 2. The third-order valence-electron chi connectivity index (χ3n) is 2.14. The van der Waals surface area contributed by atoms with Gasteiger partial charge in [-0.1, -0.05) is 0 Å². The highest BCUT2D eigenvalue weighted by Gasteiger charge is 2.48. The first-order chi connectivity index (χ1) is 6.61. The monoisotopic (exact) mass is 245 g/mol. The number of carbonyl (C=O) groups is 1. The van der Waals surface area contributed by atoms with Crippen molar-refractivity contribution >= 4 is 15.7 Å². The van der Waals surface area contributed by atoms with Gasteiger partial charge in [0.15, 0.2) is 0 Å². The maximum absolute atomic E-state index is 12.0. The van der Waals surface area contributed by atoms with Crippen LogP contribution in [0.4, 0.5) is 13.2 Å². The zero-order valence-electron chi connectivity index (χ0n) is 7.91. The van der Waals surface area contributed by atoms with Gasteiger partial charge in [-0.25, -0.2) is 8.42 Å². The van der Waals surface area contributed by atoms with Gasteiger partial charge in [0.05, 0.1) is 5.75 Å². The summed E-state index contributed by atoms with van der Waals surface area (Å²) < 4.78 is 57.6. The van der Waals surface area contributed by atoms with Crippen molar-refractivity contribution in [1.29, 1.82) is 0 Å². The van der Waals surface area contributed by atoms with Gasteiger partial charge in [-0.3, -0.25) is 4.79 Å². The molecular formula is C7H10F3NO3S. The SMILES string of the molecule is CS(=O)(=O)C[C@@H]1CCN1C(=O)C(F)(F)F. The second-order valence-electron chi connectivity index (χ2n) is 3.53. The molecule has 15 heavy (non-hydrogen) atoms. The predicted octanol–water partition coefficient (Wildman–Crippen LogP) is 0.194. The van der Waals surface area contributed by atoms with E-state index in [4.69, 9.17) is 0 Å². The lowest BCUT2D eigenvalue weighted by atomic mass is 10.1. The minimum atomic E-state index is -4.92. The summed E-state index contributed by atoms with van der Waals surface area (Å²) >= 11 is 0. The molecule has 0 bridgehead atoms. The lowest BCUT2D eigenvalue weighted by Crippen LogP contribution is -2.57. The molecule has 1 amide bonds. The summed E-state index contributed by atoms with van der Waals surface area (Å²) in [5.41, 5.74) is 0. The highest BCUT2D eigenvalue weighted by atomic mass is 32.2. The first-order valence-electron chi connectivity index (χ1n) is 4.17. The van der Waals surface area contributed by atoms with Crippen molar-refractivity contribution in [2.45, 2.75) is 18.6 Å². The Bertz CT molecular complexity index is 362.